The molecule has 19 heavy (non-hydrogen) atoms. The van der Waals surface area contributed by atoms with Crippen molar-refractivity contribution in [1.82, 2.24) is 9.97 Å². The third-order valence-electron chi connectivity index (χ3n) is 3.87. The van der Waals surface area contributed by atoms with Crippen molar-refractivity contribution in [2.75, 3.05) is 22.9 Å². The molecule has 106 valence electrons. The molecule has 1 saturated carbocycles. The lowest BCUT2D eigenvalue weighted by Gasteiger charge is -2.33. The number of nitrogens with zero attached hydrogens (tertiary/aromatic N) is 2. The lowest BCUT2D eigenvalue weighted by atomic mass is 9.80. The SMILES string of the molecule is CCNc1cc(NC2CCC(C)CC2C)nc(N)n1. The normalized spacial score (nSPS) is 27.0. The third-order valence-corrected chi connectivity index (χ3v) is 3.87. The summed E-state index contributed by atoms with van der Waals surface area (Å²) in [7, 11) is 0. The molecule has 0 aromatic carbocycles. The van der Waals surface area contributed by atoms with E-state index >= 15 is 0 Å². The summed E-state index contributed by atoms with van der Waals surface area (Å²) in [6, 6.07) is 2.42. The summed E-state index contributed by atoms with van der Waals surface area (Å²) in [6.45, 7) is 7.50. The fraction of sp³-hybridized carbons (Fsp3) is 0.714. The molecule has 1 fully saturated rings. The predicted octanol–water partition coefficient (Wildman–Crippen LogP) is 2.73. The van der Waals surface area contributed by atoms with Crippen LogP contribution < -0.4 is 16.4 Å². The van der Waals surface area contributed by atoms with Gasteiger partial charge in [-0.15, -0.1) is 0 Å². The third kappa shape index (κ3) is 3.72. The molecule has 1 aromatic rings. The van der Waals surface area contributed by atoms with E-state index in [-0.39, 0.29) is 0 Å². The van der Waals surface area contributed by atoms with Gasteiger partial charge in [-0.25, -0.2) is 0 Å². The minimum atomic E-state index is 0.317. The van der Waals surface area contributed by atoms with Crippen molar-refractivity contribution >= 4 is 17.6 Å². The van der Waals surface area contributed by atoms with Gasteiger partial charge in [0.25, 0.3) is 0 Å². The number of rotatable bonds is 4. The van der Waals surface area contributed by atoms with Crippen LogP contribution in [0.2, 0.25) is 0 Å². The number of nitrogens with two attached hydrogens (primary N) is 1. The highest BCUT2D eigenvalue weighted by Gasteiger charge is 2.25. The molecule has 3 atom stereocenters. The maximum atomic E-state index is 5.75. The van der Waals surface area contributed by atoms with Crippen LogP contribution in [0.25, 0.3) is 0 Å². The van der Waals surface area contributed by atoms with E-state index in [0.29, 0.717) is 17.9 Å². The van der Waals surface area contributed by atoms with Crippen molar-refractivity contribution in [2.24, 2.45) is 11.8 Å². The molecule has 0 spiro atoms. The molecule has 3 unspecified atom stereocenters. The van der Waals surface area contributed by atoms with E-state index in [2.05, 4.69) is 34.4 Å². The Morgan fingerprint density at radius 2 is 2.00 bits per heavy atom. The van der Waals surface area contributed by atoms with Gasteiger partial charge >= 0.3 is 0 Å². The maximum Gasteiger partial charge on any atom is 0.223 e. The fourth-order valence-corrected chi connectivity index (χ4v) is 2.88. The van der Waals surface area contributed by atoms with Crippen LogP contribution >= 0.6 is 0 Å². The van der Waals surface area contributed by atoms with Gasteiger partial charge in [-0.2, -0.15) is 9.97 Å². The summed E-state index contributed by atoms with van der Waals surface area (Å²) in [5.41, 5.74) is 5.75. The van der Waals surface area contributed by atoms with Crippen molar-refractivity contribution < 1.29 is 0 Å². The Kier molecular flexibility index (Phi) is 4.45. The molecular formula is C14H25N5. The van der Waals surface area contributed by atoms with Gasteiger partial charge in [-0.05, 0) is 38.0 Å². The molecule has 1 aliphatic rings. The Bertz CT molecular complexity index is 420. The lowest BCUT2D eigenvalue weighted by molar-refractivity contribution is 0.276. The molecule has 0 aliphatic heterocycles. The number of hydrogen-bond acceptors (Lipinski definition) is 5. The minimum absolute atomic E-state index is 0.317. The minimum Gasteiger partial charge on any atom is -0.370 e. The molecule has 0 amide bonds. The Hall–Kier alpha value is -1.52. The van der Waals surface area contributed by atoms with E-state index < -0.39 is 0 Å². The average molecular weight is 263 g/mol. The first-order valence-electron chi connectivity index (χ1n) is 7.23. The largest absolute Gasteiger partial charge is 0.370 e. The highest BCUT2D eigenvalue weighted by Crippen LogP contribution is 2.30. The monoisotopic (exact) mass is 263 g/mol. The second-order valence-corrected chi connectivity index (χ2v) is 5.67. The molecule has 5 heteroatoms. The number of anilines is 3. The molecule has 4 N–H and O–H groups in total. The Morgan fingerprint density at radius 1 is 1.26 bits per heavy atom. The van der Waals surface area contributed by atoms with Gasteiger partial charge in [0.2, 0.25) is 5.95 Å². The highest BCUT2D eigenvalue weighted by atomic mass is 15.1. The van der Waals surface area contributed by atoms with Gasteiger partial charge in [0, 0.05) is 18.7 Å². The van der Waals surface area contributed by atoms with Gasteiger partial charge in [0.05, 0.1) is 0 Å². The standard InChI is InChI=1S/C14H25N5/c1-4-16-12-8-13(19-14(15)18-12)17-11-6-5-9(2)7-10(11)3/h8-11H,4-7H2,1-3H3,(H4,15,16,17,18,19). The van der Waals surface area contributed by atoms with E-state index in [1.54, 1.807) is 0 Å². The average Bonchev–Trinajstić information content (AvgIpc) is 2.32. The van der Waals surface area contributed by atoms with E-state index in [0.717, 1.165) is 24.1 Å². The summed E-state index contributed by atoms with van der Waals surface area (Å²) >= 11 is 0. The van der Waals surface area contributed by atoms with Gasteiger partial charge in [-0.3, -0.25) is 0 Å². The van der Waals surface area contributed by atoms with Gasteiger partial charge in [0.15, 0.2) is 0 Å². The summed E-state index contributed by atoms with van der Waals surface area (Å²) in [6.07, 6.45) is 3.75. The van der Waals surface area contributed by atoms with Gasteiger partial charge in [0.1, 0.15) is 11.6 Å². The number of nitrogen functional groups attached to an aromatic ring is 1. The van der Waals surface area contributed by atoms with Crippen LogP contribution in [0.3, 0.4) is 0 Å². The molecule has 0 bridgehead atoms. The smallest absolute Gasteiger partial charge is 0.223 e. The molecule has 1 aromatic heterocycles. The van der Waals surface area contributed by atoms with Crippen LogP contribution in [-0.2, 0) is 0 Å². The molecule has 0 radical (unpaired) electrons. The molecule has 1 aliphatic carbocycles. The van der Waals surface area contributed by atoms with Crippen molar-refractivity contribution in [1.29, 1.82) is 0 Å². The second-order valence-electron chi connectivity index (χ2n) is 5.67. The van der Waals surface area contributed by atoms with E-state index in [4.69, 9.17) is 5.73 Å². The van der Waals surface area contributed by atoms with Crippen molar-refractivity contribution in [3.05, 3.63) is 6.07 Å². The zero-order valence-electron chi connectivity index (χ0n) is 12.1. The Morgan fingerprint density at radius 3 is 2.68 bits per heavy atom. The summed E-state index contributed by atoms with van der Waals surface area (Å²) < 4.78 is 0. The molecule has 0 saturated heterocycles. The van der Waals surface area contributed by atoms with E-state index in [1.807, 2.05) is 13.0 Å². The Balaban J connectivity index is 2.05. The number of nitrogens with one attached hydrogen (secondary N) is 2. The summed E-state index contributed by atoms with van der Waals surface area (Å²) in [5.74, 6) is 3.44. The molecule has 5 nitrogen and oxygen atoms in total. The van der Waals surface area contributed by atoms with Crippen molar-refractivity contribution in [2.45, 2.75) is 46.1 Å². The van der Waals surface area contributed by atoms with Gasteiger partial charge < -0.3 is 16.4 Å². The highest BCUT2D eigenvalue weighted by molar-refractivity contribution is 5.51. The molecule has 2 rings (SSSR count). The van der Waals surface area contributed by atoms with Crippen LogP contribution in [0.5, 0.6) is 0 Å². The van der Waals surface area contributed by atoms with Crippen LogP contribution in [-0.4, -0.2) is 22.6 Å². The van der Waals surface area contributed by atoms with Crippen LogP contribution in [0.15, 0.2) is 6.07 Å². The first-order chi connectivity index (χ1) is 9.08. The van der Waals surface area contributed by atoms with Crippen molar-refractivity contribution in [3.63, 3.8) is 0 Å². The fourth-order valence-electron chi connectivity index (χ4n) is 2.88. The van der Waals surface area contributed by atoms with E-state index in [9.17, 15) is 0 Å². The maximum absolute atomic E-state index is 5.75. The zero-order chi connectivity index (χ0) is 13.8. The van der Waals surface area contributed by atoms with Gasteiger partial charge in [-0.1, -0.05) is 13.8 Å². The summed E-state index contributed by atoms with van der Waals surface area (Å²) in [4.78, 5) is 8.44. The number of aromatic nitrogens is 2. The first kappa shape index (κ1) is 13.9. The molecular weight excluding hydrogens is 238 g/mol. The zero-order valence-corrected chi connectivity index (χ0v) is 12.1. The lowest BCUT2D eigenvalue weighted by Crippen LogP contribution is -2.33. The second kappa shape index (κ2) is 6.08. The quantitative estimate of drug-likeness (QED) is 0.778. The predicted molar refractivity (Wildman–Crippen MR) is 80.2 cm³/mol. The topological polar surface area (TPSA) is 75.9 Å². The van der Waals surface area contributed by atoms with Crippen LogP contribution in [0.1, 0.15) is 40.0 Å². The first-order valence-corrected chi connectivity index (χ1v) is 7.23. The van der Waals surface area contributed by atoms with Crippen LogP contribution in [0.4, 0.5) is 17.6 Å². The summed E-state index contributed by atoms with van der Waals surface area (Å²) in [5, 5.41) is 6.69. The van der Waals surface area contributed by atoms with Crippen molar-refractivity contribution in [3.8, 4) is 0 Å². The number of hydrogen-bond donors (Lipinski definition) is 3. The Labute approximate surface area is 115 Å². The van der Waals surface area contributed by atoms with Crippen LogP contribution in [0, 0.1) is 11.8 Å². The van der Waals surface area contributed by atoms with E-state index in [1.165, 1.54) is 19.3 Å². The molecule has 1 heterocycles.